The number of allylic oxidation sites excluding steroid dienone is 4. The average Bonchev–Trinajstić information content (AvgIpc) is 2.71. The Hall–Kier alpha value is -2.80. The Morgan fingerprint density at radius 3 is 0.639 bits per heavy atom. The van der Waals surface area contributed by atoms with E-state index in [1.807, 2.05) is 27.7 Å². The molecule has 12 heteroatoms. The summed E-state index contributed by atoms with van der Waals surface area (Å²) in [4.78, 5) is 42.0. The van der Waals surface area contributed by atoms with Crippen LogP contribution in [0, 0.1) is 0 Å². The van der Waals surface area contributed by atoms with Crippen molar-refractivity contribution < 1.29 is 38.0 Å². The predicted molar refractivity (Wildman–Crippen MR) is 145 cm³/mol. The van der Waals surface area contributed by atoms with Gasteiger partial charge in [-0.2, -0.15) is 0 Å². The van der Waals surface area contributed by atoms with Gasteiger partial charge >= 0.3 is 0 Å². The minimum absolute atomic E-state index is 0. The Labute approximate surface area is 213 Å². The molecule has 0 unspecified atom stereocenters. The minimum atomic E-state index is 0. The van der Waals surface area contributed by atoms with E-state index in [-0.39, 0.29) is 42.0 Å². The van der Waals surface area contributed by atoms with E-state index in [0.29, 0.717) is 26.2 Å². The van der Waals surface area contributed by atoms with Crippen molar-refractivity contribution in [2.45, 2.75) is 27.7 Å². The molecule has 36 heavy (non-hydrogen) atoms. The molecule has 0 aliphatic heterocycles. The largest absolute Gasteiger partial charge is 0.313 e. The first-order valence-corrected chi connectivity index (χ1v) is 10.4. The number of halogens is 4. The lowest BCUT2D eigenvalue weighted by Gasteiger charge is -1.88. The quantitative estimate of drug-likeness (QED) is 0.223. The van der Waals surface area contributed by atoms with Gasteiger partial charge in [0.15, 0.2) is 23.1 Å². The molecule has 0 fully saturated rings. The van der Waals surface area contributed by atoms with E-state index in [4.69, 9.17) is 0 Å². The molecule has 0 saturated heterocycles. The summed E-state index contributed by atoms with van der Waals surface area (Å²) in [5.74, 6) is 0.481. The minimum Gasteiger partial charge on any atom is -0.313 e. The number of ketones is 4. The highest BCUT2D eigenvalue weighted by Gasteiger charge is 1.89. The summed E-state index contributed by atoms with van der Waals surface area (Å²) >= 11 is 0. The lowest BCUT2D eigenvalue weighted by atomic mass is 10.3. The third-order valence-electron chi connectivity index (χ3n) is 2.81. The summed E-state index contributed by atoms with van der Waals surface area (Å²) in [6.45, 7) is 9.05. The van der Waals surface area contributed by atoms with Crippen LogP contribution in [0.5, 0.6) is 0 Å². The fraction of sp³-hybridized carbons (Fsp3) is 0.500. The maximum Gasteiger partial charge on any atom is 0.169 e. The third-order valence-corrected chi connectivity index (χ3v) is 2.81. The smallest absolute Gasteiger partial charge is 0.169 e. The van der Waals surface area contributed by atoms with Crippen LogP contribution in [0.1, 0.15) is 27.7 Å². The van der Waals surface area contributed by atoms with Gasteiger partial charge in [-0.25, -0.2) is 0 Å². The van der Waals surface area contributed by atoms with Crippen molar-refractivity contribution in [3.8, 4) is 0 Å². The van der Waals surface area contributed by atoms with Gasteiger partial charge in [-0.05, 0) is 80.2 Å². The Balaban J connectivity index is -0.0000000467. The SMILES string of the molecule is C/C=C/C(=O)CNC.C/C=C/C(=O)CNC.C/C=C/C(=O)CNC.C/C=C/C(=O)CNC.F.F.F.F. The van der Waals surface area contributed by atoms with Gasteiger partial charge in [0.1, 0.15) is 0 Å². The zero-order valence-corrected chi connectivity index (χ0v) is 22.7. The summed E-state index contributed by atoms with van der Waals surface area (Å²) in [5.41, 5.74) is 0. The molecule has 0 amide bonds. The standard InChI is InChI=1S/4C6H11NO.4FH/c4*1-3-4-6(8)5-7-2;;;;/h4*3-4,7H,5H2,1-2H3;4*1H/b4*4-3+;;;;. The molecule has 0 aromatic heterocycles. The Morgan fingerprint density at radius 1 is 0.417 bits per heavy atom. The van der Waals surface area contributed by atoms with E-state index in [1.165, 1.54) is 0 Å². The van der Waals surface area contributed by atoms with Gasteiger partial charge in [0.2, 0.25) is 0 Å². The number of carbonyl (C=O) groups is 4. The molecule has 0 spiro atoms. The van der Waals surface area contributed by atoms with Gasteiger partial charge in [-0.1, -0.05) is 24.3 Å². The number of likely N-dealkylation sites (N-methyl/N-ethyl adjacent to an activating group) is 4. The van der Waals surface area contributed by atoms with E-state index in [0.717, 1.165) is 0 Å². The lowest BCUT2D eigenvalue weighted by molar-refractivity contribution is -0.114. The second kappa shape index (κ2) is 49.4. The molecule has 0 aliphatic carbocycles. The van der Waals surface area contributed by atoms with Crippen molar-refractivity contribution in [3.05, 3.63) is 48.6 Å². The molecule has 0 aromatic rings. The molecule has 0 heterocycles. The fourth-order valence-electron chi connectivity index (χ4n) is 1.68. The zero-order chi connectivity index (χ0) is 25.6. The predicted octanol–water partition coefficient (Wildman–Crippen LogP) is 2.01. The Bertz CT molecular complexity index is 509. The molecule has 0 radical (unpaired) electrons. The Morgan fingerprint density at radius 2 is 0.556 bits per heavy atom. The number of hydrogen-bond acceptors (Lipinski definition) is 8. The van der Waals surface area contributed by atoms with Crippen LogP contribution in [-0.2, 0) is 19.2 Å². The van der Waals surface area contributed by atoms with Gasteiger partial charge in [0.05, 0.1) is 26.2 Å². The van der Waals surface area contributed by atoms with E-state index in [9.17, 15) is 19.2 Å². The topological polar surface area (TPSA) is 116 Å². The van der Waals surface area contributed by atoms with Crippen molar-refractivity contribution >= 4 is 23.1 Å². The number of nitrogens with one attached hydrogen (secondary N) is 4. The summed E-state index contributed by atoms with van der Waals surface area (Å²) < 4.78 is 0. The highest BCUT2D eigenvalue weighted by Crippen LogP contribution is 1.73. The summed E-state index contributed by atoms with van der Waals surface area (Å²) in [7, 11) is 7.01. The summed E-state index contributed by atoms with van der Waals surface area (Å²) in [5, 5.41) is 11.0. The molecular weight excluding hydrogens is 484 g/mol. The highest BCUT2D eigenvalue weighted by atomic mass is 19.0. The van der Waals surface area contributed by atoms with Crippen LogP contribution in [0.3, 0.4) is 0 Å². The summed E-state index contributed by atoms with van der Waals surface area (Å²) in [6.07, 6.45) is 13.2. The van der Waals surface area contributed by atoms with Gasteiger partial charge in [-0.3, -0.25) is 38.0 Å². The molecule has 8 nitrogen and oxygen atoms in total. The second-order valence-electron chi connectivity index (χ2n) is 5.99. The molecule has 0 aromatic carbocycles. The van der Waals surface area contributed by atoms with Crippen LogP contribution in [0.4, 0.5) is 18.8 Å². The van der Waals surface area contributed by atoms with Crippen LogP contribution >= 0.6 is 0 Å². The van der Waals surface area contributed by atoms with Crippen LogP contribution in [0.15, 0.2) is 48.6 Å². The zero-order valence-electron chi connectivity index (χ0n) is 22.7. The Kier molecular flexibility index (Phi) is 74.3. The van der Waals surface area contributed by atoms with Gasteiger partial charge < -0.3 is 21.3 Å². The van der Waals surface area contributed by atoms with Crippen LogP contribution in [0.25, 0.3) is 0 Å². The van der Waals surface area contributed by atoms with Crippen LogP contribution in [-0.4, -0.2) is 77.5 Å². The first kappa shape index (κ1) is 54.2. The first-order chi connectivity index (χ1) is 15.2. The van der Waals surface area contributed by atoms with Gasteiger partial charge in [0, 0.05) is 0 Å². The number of hydrogen-bond donors (Lipinski definition) is 4. The molecule has 216 valence electrons. The molecule has 0 bridgehead atoms. The van der Waals surface area contributed by atoms with E-state index in [1.54, 1.807) is 76.8 Å². The van der Waals surface area contributed by atoms with Gasteiger partial charge in [0.25, 0.3) is 0 Å². The first-order valence-electron chi connectivity index (χ1n) is 10.4. The van der Waals surface area contributed by atoms with Crippen molar-refractivity contribution in [1.29, 1.82) is 0 Å². The number of rotatable bonds is 12. The van der Waals surface area contributed by atoms with E-state index < -0.39 is 0 Å². The third kappa shape index (κ3) is 63.3. The number of carbonyl (C=O) groups excluding carboxylic acids is 4. The molecule has 0 atom stereocenters. The lowest BCUT2D eigenvalue weighted by Crippen LogP contribution is -2.15. The molecule has 4 N–H and O–H groups in total. The fourth-order valence-corrected chi connectivity index (χ4v) is 1.68. The van der Waals surface area contributed by atoms with Crippen molar-refractivity contribution in [2.75, 3.05) is 54.4 Å². The average molecular weight is 533 g/mol. The monoisotopic (exact) mass is 532 g/mol. The second-order valence-corrected chi connectivity index (χ2v) is 5.99. The molecular formula is C24H48F4N4O4. The molecule has 0 aliphatic rings. The molecule has 0 rings (SSSR count). The maximum absolute atomic E-state index is 10.5. The maximum atomic E-state index is 10.5. The van der Waals surface area contributed by atoms with Crippen LogP contribution in [0.2, 0.25) is 0 Å². The highest BCUT2D eigenvalue weighted by molar-refractivity contribution is 5.92. The van der Waals surface area contributed by atoms with Crippen molar-refractivity contribution in [3.63, 3.8) is 0 Å². The van der Waals surface area contributed by atoms with E-state index in [2.05, 4.69) is 21.3 Å². The van der Waals surface area contributed by atoms with Crippen molar-refractivity contribution in [1.82, 2.24) is 21.3 Å². The van der Waals surface area contributed by atoms with Gasteiger partial charge in [-0.15, -0.1) is 0 Å². The summed E-state index contributed by atoms with van der Waals surface area (Å²) in [6, 6.07) is 0. The van der Waals surface area contributed by atoms with Crippen LogP contribution < -0.4 is 21.3 Å². The normalized spacial score (nSPS) is 9.11. The van der Waals surface area contributed by atoms with Crippen molar-refractivity contribution in [2.24, 2.45) is 0 Å². The molecule has 0 saturated carbocycles. The van der Waals surface area contributed by atoms with E-state index >= 15 is 0 Å².